The summed E-state index contributed by atoms with van der Waals surface area (Å²) in [5.74, 6) is -0.0585. The van der Waals surface area contributed by atoms with Crippen LogP contribution in [-0.4, -0.2) is 23.7 Å². The number of hydrogen-bond donors (Lipinski definition) is 3. The van der Waals surface area contributed by atoms with Crippen molar-refractivity contribution in [3.05, 3.63) is 64.7 Å². The van der Waals surface area contributed by atoms with Crippen LogP contribution in [0.25, 0.3) is 0 Å². The lowest BCUT2D eigenvalue weighted by atomic mass is 10.1. The Hall–Kier alpha value is -2.33. The third-order valence-electron chi connectivity index (χ3n) is 4.18. The topological polar surface area (TPSA) is 61.4 Å². The molecular formula is C21H28N2O2. The van der Waals surface area contributed by atoms with Crippen molar-refractivity contribution >= 4 is 11.6 Å². The molecule has 0 aliphatic carbocycles. The molecule has 1 unspecified atom stereocenters. The van der Waals surface area contributed by atoms with Gasteiger partial charge in [-0.2, -0.15) is 0 Å². The summed E-state index contributed by atoms with van der Waals surface area (Å²) >= 11 is 0. The molecule has 0 aromatic heterocycles. The molecule has 0 saturated heterocycles. The second-order valence-electron chi connectivity index (χ2n) is 6.58. The lowest BCUT2D eigenvalue weighted by Gasteiger charge is -2.14. The van der Waals surface area contributed by atoms with Crippen LogP contribution in [0.1, 0.15) is 35.6 Å². The van der Waals surface area contributed by atoms with Gasteiger partial charge in [-0.15, -0.1) is 0 Å². The molecule has 0 spiro atoms. The van der Waals surface area contributed by atoms with Crippen molar-refractivity contribution in [2.45, 2.75) is 46.2 Å². The number of anilines is 1. The van der Waals surface area contributed by atoms with Gasteiger partial charge in [0, 0.05) is 12.2 Å². The van der Waals surface area contributed by atoms with Crippen LogP contribution in [0.2, 0.25) is 0 Å². The van der Waals surface area contributed by atoms with Crippen LogP contribution in [0.15, 0.2) is 42.5 Å². The second-order valence-corrected chi connectivity index (χ2v) is 6.58. The summed E-state index contributed by atoms with van der Waals surface area (Å²) in [5, 5.41) is 15.4. The Labute approximate surface area is 150 Å². The van der Waals surface area contributed by atoms with Gasteiger partial charge in [-0.1, -0.05) is 48.4 Å². The van der Waals surface area contributed by atoms with E-state index in [4.69, 9.17) is 5.11 Å². The maximum Gasteiger partial charge on any atom is 0.224 e. The van der Waals surface area contributed by atoms with Crippen LogP contribution < -0.4 is 10.6 Å². The van der Waals surface area contributed by atoms with Gasteiger partial charge in [0.25, 0.3) is 0 Å². The zero-order chi connectivity index (χ0) is 18.2. The monoisotopic (exact) mass is 340 g/mol. The molecule has 134 valence electrons. The summed E-state index contributed by atoms with van der Waals surface area (Å²) in [6.07, 6.45) is 1.05. The molecule has 0 aliphatic rings. The average Bonchev–Trinajstić information content (AvgIpc) is 2.58. The molecule has 1 atom stereocenters. The van der Waals surface area contributed by atoms with Crippen LogP contribution in [0.5, 0.6) is 0 Å². The molecule has 2 rings (SSSR count). The summed E-state index contributed by atoms with van der Waals surface area (Å²) in [6.45, 7) is 6.91. The quantitative estimate of drug-likeness (QED) is 0.691. The number of aryl methyl sites for hydroxylation is 2. The number of carbonyl (C=O) groups is 1. The van der Waals surface area contributed by atoms with Gasteiger partial charge in [-0.05, 0) is 43.5 Å². The van der Waals surface area contributed by atoms with Crippen LogP contribution in [0.4, 0.5) is 5.69 Å². The fraction of sp³-hybridized carbons (Fsp3) is 0.381. The molecular weight excluding hydrogens is 312 g/mol. The largest absolute Gasteiger partial charge is 0.394 e. The van der Waals surface area contributed by atoms with E-state index in [1.165, 1.54) is 16.7 Å². The number of benzene rings is 2. The number of amides is 1. The molecule has 4 nitrogen and oxygen atoms in total. The fourth-order valence-corrected chi connectivity index (χ4v) is 2.86. The predicted octanol–water partition coefficient (Wildman–Crippen LogP) is 3.35. The van der Waals surface area contributed by atoms with Crippen molar-refractivity contribution in [3.8, 4) is 0 Å². The molecule has 2 aromatic rings. The van der Waals surface area contributed by atoms with Crippen LogP contribution in [-0.2, 0) is 17.8 Å². The third-order valence-corrected chi connectivity index (χ3v) is 4.18. The molecule has 25 heavy (non-hydrogen) atoms. The third kappa shape index (κ3) is 6.24. The molecule has 0 radical (unpaired) electrons. The van der Waals surface area contributed by atoms with Crippen molar-refractivity contribution in [1.29, 1.82) is 0 Å². The fourth-order valence-electron chi connectivity index (χ4n) is 2.86. The molecule has 1 amide bonds. The Morgan fingerprint density at radius 3 is 2.24 bits per heavy atom. The summed E-state index contributed by atoms with van der Waals surface area (Å²) in [7, 11) is 0. The Morgan fingerprint density at radius 1 is 1.04 bits per heavy atom. The summed E-state index contributed by atoms with van der Waals surface area (Å²) in [4.78, 5) is 12.0. The molecule has 2 aromatic carbocycles. The van der Waals surface area contributed by atoms with E-state index in [0.717, 1.165) is 24.2 Å². The van der Waals surface area contributed by atoms with Gasteiger partial charge in [-0.25, -0.2) is 0 Å². The van der Waals surface area contributed by atoms with Crippen molar-refractivity contribution in [2.24, 2.45) is 0 Å². The van der Waals surface area contributed by atoms with Gasteiger partial charge in [-0.3, -0.25) is 4.79 Å². The second kappa shape index (κ2) is 9.23. The van der Waals surface area contributed by atoms with E-state index >= 15 is 0 Å². The summed E-state index contributed by atoms with van der Waals surface area (Å²) in [5.41, 5.74) is 5.79. The van der Waals surface area contributed by atoms with Crippen molar-refractivity contribution in [3.63, 3.8) is 0 Å². The first-order valence-electron chi connectivity index (χ1n) is 8.80. The Bertz CT molecular complexity index is 671. The predicted molar refractivity (Wildman–Crippen MR) is 103 cm³/mol. The zero-order valence-corrected chi connectivity index (χ0v) is 15.3. The highest BCUT2D eigenvalue weighted by Crippen LogP contribution is 2.14. The van der Waals surface area contributed by atoms with E-state index in [0.29, 0.717) is 6.42 Å². The number of hydrogen-bond acceptors (Lipinski definition) is 3. The molecule has 4 heteroatoms. The highest BCUT2D eigenvalue weighted by atomic mass is 16.3. The van der Waals surface area contributed by atoms with Gasteiger partial charge >= 0.3 is 0 Å². The Balaban J connectivity index is 1.88. The zero-order valence-electron chi connectivity index (χ0n) is 15.3. The minimum absolute atomic E-state index is 0.0243. The number of nitrogens with one attached hydrogen (secondary N) is 2. The number of aliphatic hydroxyl groups is 1. The minimum atomic E-state index is -0.161. The highest BCUT2D eigenvalue weighted by Gasteiger charge is 2.09. The van der Waals surface area contributed by atoms with Crippen LogP contribution >= 0.6 is 0 Å². The average molecular weight is 340 g/mol. The van der Waals surface area contributed by atoms with E-state index < -0.39 is 0 Å². The maximum atomic E-state index is 12.0. The molecule has 0 heterocycles. The summed E-state index contributed by atoms with van der Waals surface area (Å²) in [6, 6.07) is 14.3. The number of carbonyl (C=O) groups excluding carboxylic acids is 1. The SMILES string of the molecule is CCC(CO)NC(=O)Cc1ccc(NCc2cc(C)cc(C)c2)cc1. The highest BCUT2D eigenvalue weighted by molar-refractivity contribution is 5.79. The number of aliphatic hydroxyl groups excluding tert-OH is 1. The van der Waals surface area contributed by atoms with Gasteiger partial charge < -0.3 is 15.7 Å². The van der Waals surface area contributed by atoms with E-state index in [1.807, 2.05) is 31.2 Å². The van der Waals surface area contributed by atoms with Gasteiger partial charge in [0.2, 0.25) is 5.91 Å². The van der Waals surface area contributed by atoms with E-state index in [9.17, 15) is 4.79 Å². The maximum absolute atomic E-state index is 12.0. The van der Waals surface area contributed by atoms with Gasteiger partial charge in [0.15, 0.2) is 0 Å². The standard InChI is InChI=1S/C21H28N2O2/c1-4-19(14-24)23-21(25)12-17-5-7-20(8-6-17)22-13-18-10-15(2)9-16(3)11-18/h5-11,19,22,24H,4,12-14H2,1-3H3,(H,23,25). The van der Waals surface area contributed by atoms with Crippen LogP contribution in [0, 0.1) is 13.8 Å². The van der Waals surface area contributed by atoms with E-state index in [2.05, 4.69) is 42.7 Å². The Kier molecular flexibility index (Phi) is 7.02. The lowest BCUT2D eigenvalue weighted by Crippen LogP contribution is -2.37. The first-order chi connectivity index (χ1) is 12.0. The van der Waals surface area contributed by atoms with Crippen molar-refractivity contribution in [1.82, 2.24) is 5.32 Å². The van der Waals surface area contributed by atoms with Crippen molar-refractivity contribution in [2.75, 3.05) is 11.9 Å². The first kappa shape index (κ1) is 19.0. The van der Waals surface area contributed by atoms with E-state index in [-0.39, 0.29) is 18.6 Å². The molecule has 0 fully saturated rings. The first-order valence-corrected chi connectivity index (χ1v) is 8.80. The smallest absolute Gasteiger partial charge is 0.224 e. The van der Waals surface area contributed by atoms with Gasteiger partial charge in [0.1, 0.15) is 0 Å². The molecule has 0 bridgehead atoms. The lowest BCUT2D eigenvalue weighted by molar-refractivity contribution is -0.121. The number of rotatable bonds is 8. The Morgan fingerprint density at radius 2 is 1.68 bits per heavy atom. The van der Waals surface area contributed by atoms with Crippen molar-refractivity contribution < 1.29 is 9.90 Å². The normalized spacial score (nSPS) is 11.8. The molecule has 0 aliphatic heterocycles. The van der Waals surface area contributed by atoms with Gasteiger partial charge in [0.05, 0.1) is 19.1 Å². The summed E-state index contributed by atoms with van der Waals surface area (Å²) < 4.78 is 0. The molecule has 0 saturated carbocycles. The van der Waals surface area contributed by atoms with E-state index in [1.54, 1.807) is 0 Å². The molecule has 3 N–H and O–H groups in total. The van der Waals surface area contributed by atoms with Crippen LogP contribution in [0.3, 0.4) is 0 Å². The minimum Gasteiger partial charge on any atom is -0.394 e.